The molecule has 0 aliphatic carbocycles. The van der Waals surface area contributed by atoms with Crippen LogP contribution in [0.2, 0.25) is 0 Å². The van der Waals surface area contributed by atoms with E-state index in [1.165, 1.54) is 0 Å². The normalized spacial score (nSPS) is 8.77. The predicted octanol–water partition coefficient (Wildman–Crippen LogP) is -0.134. The second-order valence-electron chi connectivity index (χ2n) is 2.35. The Labute approximate surface area is 75.9 Å². The number of carbonyl (C=O) groups excluding carboxylic acids is 1. The average Bonchev–Trinajstić information content (AvgIpc) is 2.52. The molecule has 0 fully saturated rings. The van der Waals surface area contributed by atoms with E-state index in [1.54, 1.807) is 13.8 Å². The zero-order valence-corrected chi connectivity index (χ0v) is 7.51. The third kappa shape index (κ3) is 2.60. The third-order valence-electron chi connectivity index (χ3n) is 1.31. The Morgan fingerprint density at radius 1 is 1.69 bits per heavy atom. The Morgan fingerprint density at radius 3 is 3.00 bits per heavy atom. The first-order valence-electron chi connectivity index (χ1n) is 3.81. The highest BCUT2D eigenvalue weighted by atomic mass is 16.2. The second-order valence-corrected chi connectivity index (χ2v) is 2.35. The van der Waals surface area contributed by atoms with E-state index in [0.29, 0.717) is 12.4 Å². The van der Waals surface area contributed by atoms with Crippen molar-refractivity contribution >= 4 is 5.91 Å². The van der Waals surface area contributed by atoms with Gasteiger partial charge in [-0.1, -0.05) is 5.92 Å². The highest BCUT2D eigenvalue weighted by Crippen LogP contribution is 1.89. The first kappa shape index (κ1) is 9.26. The Kier molecular flexibility index (Phi) is 3.03. The van der Waals surface area contributed by atoms with Crippen molar-refractivity contribution in [3.8, 4) is 11.8 Å². The summed E-state index contributed by atoms with van der Waals surface area (Å²) in [5, 5.41) is 8.84. The molecule has 1 amide bonds. The minimum atomic E-state index is -0.313. The molecule has 1 rings (SSSR count). The average molecular weight is 178 g/mol. The fourth-order valence-electron chi connectivity index (χ4n) is 0.736. The molecule has 2 N–H and O–H groups in total. The summed E-state index contributed by atoms with van der Waals surface area (Å²) >= 11 is 0. The SMILES string of the molecule is CC#CCNC(=O)c1n[nH]c(C)n1. The molecular weight excluding hydrogens is 168 g/mol. The van der Waals surface area contributed by atoms with Crippen LogP contribution in [0, 0.1) is 18.8 Å². The highest BCUT2D eigenvalue weighted by molar-refractivity contribution is 5.90. The number of aromatic amines is 1. The fourth-order valence-corrected chi connectivity index (χ4v) is 0.736. The topological polar surface area (TPSA) is 70.7 Å². The van der Waals surface area contributed by atoms with Gasteiger partial charge in [-0.3, -0.25) is 9.89 Å². The molecule has 1 aromatic heterocycles. The Hall–Kier alpha value is -1.83. The number of H-pyrrole nitrogens is 1. The number of hydrogen-bond donors (Lipinski definition) is 2. The number of aromatic nitrogens is 3. The molecule has 0 spiro atoms. The van der Waals surface area contributed by atoms with Crippen LogP contribution in [0.5, 0.6) is 0 Å². The standard InChI is InChI=1S/C8H10N4O/c1-3-4-5-9-8(13)7-10-6(2)11-12-7/h5H2,1-2H3,(H,9,13)(H,10,11,12). The van der Waals surface area contributed by atoms with Crippen LogP contribution in [-0.4, -0.2) is 27.6 Å². The van der Waals surface area contributed by atoms with Gasteiger partial charge in [-0.15, -0.1) is 11.0 Å². The molecule has 5 heteroatoms. The van der Waals surface area contributed by atoms with Gasteiger partial charge in [0.2, 0.25) is 5.82 Å². The molecule has 0 aliphatic heterocycles. The number of amides is 1. The third-order valence-corrected chi connectivity index (χ3v) is 1.31. The molecule has 0 atom stereocenters. The van der Waals surface area contributed by atoms with Gasteiger partial charge in [0, 0.05) is 0 Å². The molecule has 0 saturated carbocycles. The summed E-state index contributed by atoms with van der Waals surface area (Å²) < 4.78 is 0. The first-order valence-corrected chi connectivity index (χ1v) is 3.81. The number of rotatable bonds is 2. The van der Waals surface area contributed by atoms with Crippen LogP contribution in [0.1, 0.15) is 23.4 Å². The van der Waals surface area contributed by atoms with Crippen molar-refractivity contribution in [1.29, 1.82) is 0 Å². The second kappa shape index (κ2) is 4.26. The number of aryl methyl sites for hydroxylation is 1. The van der Waals surface area contributed by atoms with Gasteiger partial charge >= 0.3 is 0 Å². The van der Waals surface area contributed by atoms with Crippen LogP contribution in [0.15, 0.2) is 0 Å². The molecule has 0 unspecified atom stereocenters. The van der Waals surface area contributed by atoms with Gasteiger partial charge in [0.15, 0.2) is 0 Å². The molecule has 0 saturated heterocycles. The van der Waals surface area contributed by atoms with Gasteiger partial charge < -0.3 is 5.32 Å². The highest BCUT2D eigenvalue weighted by Gasteiger charge is 2.08. The predicted molar refractivity (Wildman–Crippen MR) is 46.9 cm³/mol. The maximum Gasteiger partial charge on any atom is 0.291 e. The van der Waals surface area contributed by atoms with Crippen LogP contribution in [0.3, 0.4) is 0 Å². The minimum absolute atomic E-state index is 0.149. The molecule has 0 radical (unpaired) electrons. The number of nitrogens with zero attached hydrogens (tertiary/aromatic N) is 2. The van der Waals surface area contributed by atoms with Crippen molar-refractivity contribution in [3.63, 3.8) is 0 Å². The number of nitrogens with one attached hydrogen (secondary N) is 2. The van der Waals surface area contributed by atoms with Crippen molar-refractivity contribution in [3.05, 3.63) is 11.6 Å². The van der Waals surface area contributed by atoms with E-state index in [1.807, 2.05) is 0 Å². The summed E-state index contributed by atoms with van der Waals surface area (Å²) in [7, 11) is 0. The molecule has 0 aromatic carbocycles. The van der Waals surface area contributed by atoms with Crippen LogP contribution in [-0.2, 0) is 0 Å². The summed E-state index contributed by atoms with van der Waals surface area (Å²) in [5.41, 5.74) is 0. The zero-order valence-electron chi connectivity index (χ0n) is 7.51. The molecular formula is C8H10N4O. The summed E-state index contributed by atoms with van der Waals surface area (Å²) in [5.74, 6) is 5.83. The van der Waals surface area contributed by atoms with Crippen molar-refractivity contribution in [2.75, 3.05) is 6.54 Å². The van der Waals surface area contributed by atoms with Gasteiger partial charge in [-0.25, -0.2) is 4.98 Å². The van der Waals surface area contributed by atoms with E-state index in [4.69, 9.17) is 0 Å². The van der Waals surface area contributed by atoms with Gasteiger partial charge in [0.1, 0.15) is 5.82 Å². The van der Waals surface area contributed by atoms with Crippen molar-refractivity contribution < 1.29 is 4.79 Å². The lowest BCUT2D eigenvalue weighted by atomic mass is 10.5. The van der Waals surface area contributed by atoms with E-state index in [2.05, 4.69) is 32.3 Å². The maximum absolute atomic E-state index is 11.2. The van der Waals surface area contributed by atoms with E-state index in [-0.39, 0.29) is 11.7 Å². The van der Waals surface area contributed by atoms with E-state index >= 15 is 0 Å². The van der Waals surface area contributed by atoms with Crippen LogP contribution >= 0.6 is 0 Å². The molecule has 0 bridgehead atoms. The van der Waals surface area contributed by atoms with Crippen molar-refractivity contribution in [1.82, 2.24) is 20.5 Å². The lowest BCUT2D eigenvalue weighted by Gasteiger charge is -1.93. The van der Waals surface area contributed by atoms with Crippen LogP contribution < -0.4 is 5.32 Å². The molecule has 0 aliphatic rings. The summed E-state index contributed by atoms with van der Waals surface area (Å²) in [4.78, 5) is 15.1. The largest absolute Gasteiger partial charge is 0.338 e. The van der Waals surface area contributed by atoms with E-state index in [9.17, 15) is 4.79 Å². The smallest absolute Gasteiger partial charge is 0.291 e. The monoisotopic (exact) mass is 178 g/mol. The van der Waals surface area contributed by atoms with Gasteiger partial charge in [-0.2, -0.15) is 0 Å². The van der Waals surface area contributed by atoms with E-state index < -0.39 is 0 Å². The quantitative estimate of drug-likeness (QED) is 0.619. The Balaban J connectivity index is 2.52. The van der Waals surface area contributed by atoms with Crippen LogP contribution in [0.4, 0.5) is 0 Å². The summed E-state index contributed by atoms with van der Waals surface area (Å²) in [6.07, 6.45) is 0. The fraction of sp³-hybridized carbons (Fsp3) is 0.375. The zero-order chi connectivity index (χ0) is 9.68. The molecule has 1 heterocycles. The lowest BCUT2D eigenvalue weighted by Crippen LogP contribution is -2.24. The Bertz CT molecular complexity index is 358. The number of hydrogen-bond acceptors (Lipinski definition) is 3. The minimum Gasteiger partial charge on any atom is -0.338 e. The van der Waals surface area contributed by atoms with E-state index in [0.717, 1.165) is 0 Å². The van der Waals surface area contributed by atoms with Gasteiger partial charge in [0.05, 0.1) is 6.54 Å². The van der Waals surface area contributed by atoms with Gasteiger partial charge in [0.25, 0.3) is 5.91 Å². The summed E-state index contributed by atoms with van der Waals surface area (Å²) in [6.45, 7) is 3.77. The van der Waals surface area contributed by atoms with Crippen molar-refractivity contribution in [2.45, 2.75) is 13.8 Å². The molecule has 1 aromatic rings. The number of carbonyl (C=O) groups is 1. The Morgan fingerprint density at radius 2 is 2.46 bits per heavy atom. The molecule has 68 valence electrons. The first-order chi connectivity index (χ1) is 6.24. The molecule has 13 heavy (non-hydrogen) atoms. The van der Waals surface area contributed by atoms with Gasteiger partial charge in [-0.05, 0) is 13.8 Å². The maximum atomic E-state index is 11.2. The van der Waals surface area contributed by atoms with Crippen molar-refractivity contribution in [2.24, 2.45) is 0 Å². The van der Waals surface area contributed by atoms with Crippen LogP contribution in [0.25, 0.3) is 0 Å². The molecule has 5 nitrogen and oxygen atoms in total. The lowest BCUT2D eigenvalue weighted by molar-refractivity contribution is 0.0948. The summed E-state index contributed by atoms with van der Waals surface area (Å²) in [6, 6.07) is 0.